The maximum Gasteiger partial charge on any atom is 0.258 e. The summed E-state index contributed by atoms with van der Waals surface area (Å²) in [6.45, 7) is 1.45. The monoisotopic (exact) mass is 348 g/mol. The van der Waals surface area contributed by atoms with Crippen LogP contribution in [0.1, 0.15) is 47.2 Å². The lowest BCUT2D eigenvalue weighted by molar-refractivity contribution is 0.0152. The highest BCUT2D eigenvalue weighted by atomic mass is 16.5. The van der Waals surface area contributed by atoms with E-state index < -0.39 is 5.66 Å². The lowest BCUT2D eigenvalue weighted by atomic mass is 9.79. The second-order valence-corrected chi connectivity index (χ2v) is 7.59. The van der Waals surface area contributed by atoms with Gasteiger partial charge in [-0.25, -0.2) is 0 Å². The molecular weight excluding hydrogens is 324 g/mol. The summed E-state index contributed by atoms with van der Waals surface area (Å²) in [5.74, 6) is 0.117. The fourth-order valence-corrected chi connectivity index (χ4v) is 4.84. The molecule has 1 N–H and O–H groups in total. The van der Waals surface area contributed by atoms with Gasteiger partial charge in [0.25, 0.3) is 5.91 Å². The van der Waals surface area contributed by atoms with Gasteiger partial charge in [0.05, 0.1) is 11.7 Å². The Labute approximate surface area is 154 Å². The van der Waals surface area contributed by atoms with Crippen molar-refractivity contribution in [2.45, 2.75) is 43.9 Å². The Morgan fingerprint density at radius 1 is 1.12 bits per heavy atom. The highest BCUT2D eigenvalue weighted by Gasteiger charge is 2.48. The van der Waals surface area contributed by atoms with Crippen LogP contribution in [0.2, 0.25) is 0 Å². The van der Waals surface area contributed by atoms with Crippen molar-refractivity contribution in [3.05, 3.63) is 65.2 Å². The lowest BCUT2D eigenvalue weighted by Crippen LogP contribution is -2.60. The molecule has 4 nitrogen and oxygen atoms in total. The number of hydrogen-bond acceptors (Lipinski definition) is 3. The standard InChI is InChI=1S/C22H24N2O2/c25-21-18-10-2-4-12-20(18)23-22(24(21)15-17-9-6-14-26-17)13-5-8-16-7-1-3-11-19(16)22/h1-4,7,10-12,17,23H,5-6,8-9,13-15H2. The van der Waals surface area contributed by atoms with Crippen molar-refractivity contribution in [2.75, 3.05) is 18.5 Å². The summed E-state index contributed by atoms with van der Waals surface area (Å²) in [7, 11) is 0. The van der Waals surface area contributed by atoms with Crippen molar-refractivity contribution in [3.8, 4) is 0 Å². The largest absolute Gasteiger partial charge is 0.376 e. The van der Waals surface area contributed by atoms with Crippen LogP contribution < -0.4 is 5.32 Å². The smallest absolute Gasteiger partial charge is 0.258 e. The topological polar surface area (TPSA) is 41.6 Å². The third-order valence-corrected chi connectivity index (χ3v) is 6.06. The molecule has 2 heterocycles. The van der Waals surface area contributed by atoms with Crippen LogP contribution in [-0.2, 0) is 16.8 Å². The Kier molecular flexibility index (Phi) is 3.75. The Morgan fingerprint density at radius 3 is 2.85 bits per heavy atom. The van der Waals surface area contributed by atoms with Gasteiger partial charge < -0.3 is 15.0 Å². The van der Waals surface area contributed by atoms with E-state index in [0.717, 1.165) is 50.0 Å². The number of para-hydroxylation sites is 1. The van der Waals surface area contributed by atoms with Crippen LogP contribution in [0.15, 0.2) is 48.5 Å². The Balaban J connectivity index is 1.65. The first kappa shape index (κ1) is 15.9. The van der Waals surface area contributed by atoms with Gasteiger partial charge in [-0.15, -0.1) is 0 Å². The minimum atomic E-state index is -0.466. The Hall–Kier alpha value is -2.33. The molecule has 3 aliphatic rings. The molecule has 1 fully saturated rings. The summed E-state index contributed by atoms with van der Waals surface area (Å²) >= 11 is 0. The molecule has 26 heavy (non-hydrogen) atoms. The number of anilines is 1. The molecule has 1 saturated heterocycles. The van der Waals surface area contributed by atoms with Crippen LogP contribution >= 0.6 is 0 Å². The molecule has 5 rings (SSSR count). The predicted molar refractivity (Wildman–Crippen MR) is 101 cm³/mol. The molecule has 2 aliphatic heterocycles. The molecule has 0 aromatic heterocycles. The van der Waals surface area contributed by atoms with Crippen molar-refractivity contribution in [3.63, 3.8) is 0 Å². The Morgan fingerprint density at radius 2 is 1.96 bits per heavy atom. The van der Waals surface area contributed by atoms with Crippen molar-refractivity contribution in [1.82, 2.24) is 4.90 Å². The van der Waals surface area contributed by atoms with Crippen LogP contribution in [0.5, 0.6) is 0 Å². The van der Waals surface area contributed by atoms with Crippen LogP contribution in [0.4, 0.5) is 5.69 Å². The molecule has 1 spiro atoms. The zero-order chi connectivity index (χ0) is 17.6. The number of nitrogens with one attached hydrogen (secondary N) is 1. The van der Waals surface area contributed by atoms with Gasteiger partial charge >= 0.3 is 0 Å². The molecule has 1 amide bonds. The summed E-state index contributed by atoms with van der Waals surface area (Å²) < 4.78 is 5.89. The maximum atomic E-state index is 13.5. The number of fused-ring (bicyclic) bond motifs is 3. The molecule has 4 heteroatoms. The molecule has 134 valence electrons. The Bertz CT molecular complexity index is 844. The third-order valence-electron chi connectivity index (χ3n) is 6.06. The van der Waals surface area contributed by atoms with Gasteiger partial charge in [0, 0.05) is 24.4 Å². The van der Waals surface area contributed by atoms with Gasteiger partial charge in [-0.2, -0.15) is 0 Å². The van der Waals surface area contributed by atoms with Gasteiger partial charge in [-0.1, -0.05) is 36.4 Å². The number of ether oxygens (including phenoxy) is 1. The number of carbonyl (C=O) groups excluding carboxylic acids is 1. The minimum Gasteiger partial charge on any atom is -0.376 e. The lowest BCUT2D eigenvalue weighted by Gasteiger charge is -2.51. The van der Waals surface area contributed by atoms with Gasteiger partial charge in [-0.05, 0) is 49.8 Å². The van der Waals surface area contributed by atoms with Crippen molar-refractivity contribution < 1.29 is 9.53 Å². The number of aryl methyl sites for hydroxylation is 1. The summed E-state index contributed by atoms with van der Waals surface area (Å²) in [4.78, 5) is 15.6. The average Bonchev–Trinajstić information content (AvgIpc) is 3.19. The highest BCUT2D eigenvalue weighted by molar-refractivity contribution is 6.02. The first-order valence-corrected chi connectivity index (χ1v) is 9.67. The second kappa shape index (κ2) is 6.13. The van der Waals surface area contributed by atoms with Crippen LogP contribution in [0, 0.1) is 0 Å². The van der Waals surface area contributed by atoms with Crippen LogP contribution in [-0.4, -0.2) is 30.1 Å². The highest BCUT2D eigenvalue weighted by Crippen LogP contribution is 2.45. The number of benzene rings is 2. The van der Waals surface area contributed by atoms with E-state index in [0.29, 0.717) is 6.54 Å². The molecule has 0 bridgehead atoms. The number of carbonyl (C=O) groups is 1. The first-order valence-electron chi connectivity index (χ1n) is 9.67. The molecule has 2 unspecified atom stereocenters. The van der Waals surface area contributed by atoms with Crippen molar-refractivity contribution >= 4 is 11.6 Å². The number of hydrogen-bond donors (Lipinski definition) is 1. The van der Waals surface area contributed by atoms with E-state index in [-0.39, 0.29) is 12.0 Å². The van der Waals surface area contributed by atoms with E-state index in [2.05, 4.69) is 34.5 Å². The molecular formula is C22H24N2O2. The van der Waals surface area contributed by atoms with Crippen molar-refractivity contribution in [1.29, 1.82) is 0 Å². The summed E-state index contributed by atoms with van der Waals surface area (Å²) in [6.07, 6.45) is 5.32. The average molecular weight is 348 g/mol. The summed E-state index contributed by atoms with van der Waals surface area (Å²) in [5, 5.41) is 3.77. The zero-order valence-electron chi connectivity index (χ0n) is 14.9. The molecule has 2 atom stereocenters. The van der Waals surface area contributed by atoms with E-state index in [1.165, 1.54) is 11.1 Å². The minimum absolute atomic E-state index is 0.117. The van der Waals surface area contributed by atoms with Crippen LogP contribution in [0.3, 0.4) is 0 Å². The fraction of sp³-hybridized carbons (Fsp3) is 0.409. The zero-order valence-corrected chi connectivity index (χ0v) is 14.9. The van der Waals surface area contributed by atoms with Crippen molar-refractivity contribution in [2.24, 2.45) is 0 Å². The van der Waals surface area contributed by atoms with E-state index >= 15 is 0 Å². The first-order chi connectivity index (χ1) is 12.8. The second-order valence-electron chi connectivity index (χ2n) is 7.59. The molecule has 1 aliphatic carbocycles. The normalized spacial score (nSPS) is 27.2. The quantitative estimate of drug-likeness (QED) is 0.894. The van der Waals surface area contributed by atoms with Crippen LogP contribution in [0.25, 0.3) is 0 Å². The van der Waals surface area contributed by atoms with E-state index in [4.69, 9.17) is 4.74 Å². The maximum absolute atomic E-state index is 13.5. The van der Waals surface area contributed by atoms with Gasteiger partial charge in [0.15, 0.2) is 0 Å². The van der Waals surface area contributed by atoms with Gasteiger partial charge in [-0.3, -0.25) is 4.79 Å². The van der Waals surface area contributed by atoms with Gasteiger partial charge in [0.1, 0.15) is 5.66 Å². The molecule has 0 radical (unpaired) electrons. The van der Waals surface area contributed by atoms with E-state index in [9.17, 15) is 4.79 Å². The van der Waals surface area contributed by atoms with E-state index in [1.54, 1.807) is 0 Å². The summed E-state index contributed by atoms with van der Waals surface area (Å²) in [6, 6.07) is 16.5. The van der Waals surface area contributed by atoms with Gasteiger partial charge in [0.2, 0.25) is 0 Å². The van der Waals surface area contributed by atoms with E-state index in [1.807, 2.05) is 24.3 Å². The molecule has 2 aromatic carbocycles. The molecule has 0 saturated carbocycles. The predicted octanol–water partition coefficient (Wildman–Crippen LogP) is 3.92. The SMILES string of the molecule is O=C1c2ccccc2NC2(CCCc3ccccc32)N1CC1CCCO1. The summed E-state index contributed by atoms with van der Waals surface area (Å²) in [5.41, 5.74) is 3.83. The number of amides is 1. The number of rotatable bonds is 2. The molecule has 2 aromatic rings. The third kappa shape index (κ3) is 2.36. The fourth-order valence-electron chi connectivity index (χ4n) is 4.84. The number of nitrogens with zero attached hydrogens (tertiary/aromatic N) is 1.